The molecule has 0 radical (unpaired) electrons. The summed E-state index contributed by atoms with van der Waals surface area (Å²) in [7, 11) is 3.43. The number of Topliss-reactive ketones (excluding diaryl/α,β-unsaturated/α-hetero) is 1. The predicted octanol–water partition coefficient (Wildman–Crippen LogP) is 3.86. The molecule has 0 spiro atoms. The molecule has 5 rings (SSSR count). The van der Waals surface area contributed by atoms with Gasteiger partial charge in [0.15, 0.2) is 0 Å². The number of methoxy groups -OCH3 is 1. The number of phenols is 1. The van der Waals surface area contributed by atoms with Gasteiger partial charge >= 0.3 is 0 Å². The zero-order valence-corrected chi connectivity index (χ0v) is 19.3. The Hall–Kier alpha value is -4.46. The van der Waals surface area contributed by atoms with Gasteiger partial charge in [0.2, 0.25) is 0 Å². The summed E-state index contributed by atoms with van der Waals surface area (Å²) < 4.78 is 11.0. The molecule has 1 unspecified atom stereocenters. The summed E-state index contributed by atoms with van der Waals surface area (Å²) in [5.41, 5.74) is 2.00. The van der Waals surface area contributed by atoms with Crippen LogP contribution < -0.4 is 19.3 Å². The van der Waals surface area contributed by atoms with E-state index < -0.39 is 17.7 Å². The van der Waals surface area contributed by atoms with Gasteiger partial charge in [-0.2, -0.15) is 0 Å². The summed E-state index contributed by atoms with van der Waals surface area (Å²) in [6.45, 7) is 1.23. The lowest BCUT2D eigenvalue weighted by atomic mass is 9.94. The standard InChI is InChI=1S/C27H24N2O6/c1-28-11-12-35-22-10-9-17(14-21(22)28)25(31)23-24(16-5-3-7-19(30)13-16)29(27(33)26(23)32)18-6-4-8-20(15-18)34-2/h3-10,13-15,24,30-31H,11-12H2,1-2H3/b25-23-. The van der Waals surface area contributed by atoms with Crippen molar-refractivity contribution in [3.8, 4) is 17.2 Å². The van der Waals surface area contributed by atoms with E-state index in [9.17, 15) is 19.8 Å². The number of phenolic OH excluding ortho intramolecular Hbond substituents is 1. The van der Waals surface area contributed by atoms with Crippen LogP contribution in [0.1, 0.15) is 17.2 Å². The number of carbonyl (C=O) groups is 2. The van der Waals surface area contributed by atoms with Gasteiger partial charge in [-0.3, -0.25) is 14.5 Å². The first-order valence-corrected chi connectivity index (χ1v) is 11.1. The maximum Gasteiger partial charge on any atom is 0.300 e. The van der Waals surface area contributed by atoms with Crippen LogP contribution in [0.15, 0.2) is 72.3 Å². The second-order valence-corrected chi connectivity index (χ2v) is 8.42. The maximum atomic E-state index is 13.3. The third kappa shape index (κ3) is 3.82. The molecular formula is C27H24N2O6. The molecule has 8 heteroatoms. The number of ketones is 1. The Balaban J connectivity index is 1.70. The molecular weight excluding hydrogens is 448 g/mol. The number of amides is 1. The third-order valence-electron chi connectivity index (χ3n) is 6.29. The molecule has 1 fully saturated rings. The number of benzene rings is 3. The van der Waals surface area contributed by atoms with E-state index in [1.807, 2.05) is 11.9 Å². The fourth-order valence-corrected chi connectivity index (χ4v) is 4.52. The number of carbonyl (C=O) groups excluding carboxylic acids is 2. The van der Waals surface area contributed by atoms with Crippen molar-refractivity contribution >= 4 is 28.8 Å². The Morgan fingerprint density at radius 3 is 2.63 bits per heavy atom. The number of nitrogens with zero attached hydrogens (tertiary/aromatic N) is 2. The van der Waals surface area contributed by atoms with Crippen molar-refractivity contribution in [2.24, 2.45) is 0 Å². The van der Waals surface area contributed by atoms with E-state index in [1.165, 1.54) is 24.1 Å². The molecule has 2 heterocycles. The summed E-state index contributed by atoms with van der Waals surface area (Å²) in [5, 5.41) is 21.5. The number of likely N-dealkylation sites (N-methyl/N-ethyl adjacent to an activating group) is 1. The number of aromatic hydroxyl groups is 1. The minimum Gasteiger partial charge on any atom is -0.508 e. The average Bonchev–Trinajstić information content (AvgIpc) is 3.14. The minimum absolute atomic E-state index is 0.0220. The third-order valence-corrected chi connectivity index (χ3v) is 6.29. The van der Waals surface area contributed by atoms with Crippen LogP contribution in [0, 0.1) is 0 Å². The zero-order chi connectivity index (χ0) is 24.7. The van der Waals surface area contributed by atoms with Crippen molar-refractivity contribution in [2.45, 2.75) is 6.04 Å². The molecule has 2 N–H and O–H groups in total. The van der Waals surface area contributed by atoms with E-state index in [4.69, 9.17) is 9.47 Å². The van der Waals surface area contributed by atoms with E-state index >= 15 is 0 Å². The smallest absolute Gasteiger partial charge is 0.300 e. The van der Waals surface area contributed by atoms with Crippen LogP contribution in [-0.2, 0) is 9.59 Å². The number of ether oxygens (including phenoxy) is 2. The molecule has 3 aromatic carbocycles. The summed E-state index contributed by atoms with van der Waals surface area (Å²) in [5.74, 6) is -0.740. The highest BCUT2D eigenvalue weighted by Crippen LogP contribution is 2.44. The second kappa shape index (κ2) is 8.72. The Morgan fingerprint density at radius 2 is 1.86 bits per heavy atom. The summed E-state index contributed by atoms with van der Waals surface area (Å²) >= 11 is 0. The van der Waals surface area contributed by atoms with Crippen LogP contribution in [0.3, 0.4) is 0 Å². The monoisotopic (exact) mass is 472 g/mol. The lowest BCUT2D eigenvalue weighted by Gasteiger charge is -2.28. The predicted molar refractivity (Wildman–Crippen MR) is 131 cm³/mol. The van der Waals surface area contributed by atoms with Gasteiger partial charge in [-0.1, -0.05) is 18.2 Å². The van der Waals surface area contributed by atoms with E-state index in [2.05, 4.69) is 0 Å². The number of rotatable bonds is 4. The first-order chi connectivity index (χ1) is 16.9. The number of hydrogen-bond donors (Lipinski definition) is 2. The molecule has 35 heavy (non-hydrogen) atoms. The number of anilines is 2. The average molecular weight is 472 g/mol. The molecule has 2 aliphatic heterocycles. The highest BCUT2D eigenvalue weighted by atomic mass is 16.5. The molecule has 1 atom stereocenters. The van der Waals surface area contributed by atoms with Crippen LogP contribution in [0.4, 0.5) is 11.4 Å². The number of aliphatic hydroxyl groups is 1. The molecule has 0 bridgehead atoms. The van der Waals surface area contributed by atoms with Gasteiger partial charge < -0.3 is 24.6 Å². The molecule has 0 aromatic heterocycles. The Morgan fingerprint density at radius 1 is 1.06 bits per heavy atom. The fourth-order valence-electron chi connectivity index (χ4n) is 4.52. The van der Waals surface area contributed by atoms with Crippen molar-refractivity contribution in [1.29, 1.82) is 0 Å². The molecule has 8 nitrogen and oxygen atoms in total. The SMILES string of the molecule is COc1cccc(N2C(=O)C(=O)/C(=C(\O)c3ccc4c(c3)N(C)CCO4)C2c2cccc(O)c2)c1. The van der Waals surface area contributed by atoms with Gasteiger partial charge in [0.25, 0.3) is 11.7 Å². The van der Waals surface area contributed by atoms with Crippen molar-refractivity contribution in [1.82, 2.24) is 0 Å². The maximum absolute atomic E-state index is 13.3. The van der Waals surface area contributed by atoms with Crippen LogP contribution in [0.2, 0.25) is 0 Å². The molecule has 0 saturated carbocycles. The van der Waals surface area contributed by atoms with Crippen molar-refractivity contribution in [3.63, 3.8) is 0 Å². The van der Waals surface area contributed by atoms with E-state index in [1.54, 1.807) is 54.6 Å². The molecule has 2 aliphatic rings. The number of hydrogen-bond acceptors (Lipinski definition) is 7. The topological polar surface area (TPSA) is 99.5 Å². The fraction of sp³-hybridized carbons (Fsp3) is 0.185. The van der Waals surface area contributed by atoms with Crippen molar-refractivity contribution in [3.05, 3.63) is 83.4 Å². The summed E-state index contributed by atoms with van der Waals surface area (Å²) in [4.78, 5) is 30.0. The van der Waals surface area contributed by atoms with E-state index in [-0.39, 0.29) is 17.1 Å². The van der Waals surface area contributed by atoms with Gasteiger partial charge in [-0.05, 0) is 48.0 Å². The first kappa shape index (κ1) is 22.3. The van der Waals surface area contributed by atoms with E-state index in [0.29, 0.717) is 41.5 Å². The van der Waals surface area contributed by atoms with Crippen LogP contribution in [-0.4, -0.2) is 49.2 Å². The number of fused-ring (bicyclic) bond motifs is 1. The van der Waals surface area contributed by atoms with Crippen LogP contribution >= 0.6 is 0 Å². The van der Waals surface area contributed by atoms with Gasteiger partial charge in [-0.25, -0.2) is 0 Å². The highest BCUT2D eigenvalue weighted by Gasteiger charge is 2.47. The molecule has 3 aromatic rings. The Bertz CT molecular complexity index is 1370. The number of aliphatic hydroxyl groups excluding tert-OH is 1. The van der Waals surface area contributed by atoms with Crippen LogP contribution in [0.25, 0.3) is 5.76 Å². The van der Waals surface area contributed by atoms with Crippen LogP contribution in [0.5, 0.6) is 17.2 Å². The van der Waals surface area contributed by atoms with Crippen molar-refractivity contribution in [2.75, 3.05) is 37.1 Å². The van der Waals surface area contributed by atoms with Gasteiger partial charge in [0.05, 0.1) is 31.0 Å². The largest absolute Gasteiger partial charge is 0.508 e. The second-order valence-electron chi connectivity index (χ2n) is 8.42. The quantitative estimate of drug-likeness (QED) is 0.338. The van der Waals surface area contributed by atoms with Crippen molar-refractivity contribution < 1.29 is 29.3 Å². The summed E-state index contributed by atoms with van der Waals surface area (Å²) in [6, 6.07) is 17.3. The lowest BCUT2D eigenvalue weighted by molar-refractivity contribution is -0.132. The van der Waals surface area contributed by atoms with Gasteiger partial charge in [0.1, 0.15) is 29.6 Å². The lowest BCUT2D eigenvalue weighted by Crippen LogP contribution is -2.29. The molecule has 0 aliphatic carbocycles. The Kier molecular flexibility index (Phi) is 5.56. The molecule has 1 amide bonds. The zero-order valence-electron chi connectivity index (χ0n) is 19.3. The molecule has 1 saturated heterocycles. The highest BCUT2D eigenvalue weighted by molar-refractivity contribution is 6.51. The van der Waals surface area contributed by atoms with Gasteiger partial charge in [0, 0.05) is 24.4 Å². The summed E-state index contributed by atoms with van der Waals surface area (Å²) in [6.07, 6.45) is 0. The first-order valence-electron chi connectivity index (χ1n) is 11.1. The molecule has 178 valence electrons. The normalized spacial score (nSPS) is 18.9. The Labute approximate surface area is 202 Å². The minimum atomic E-state index is -0.959. The van der Waals surface area contributed by atoms with Gasteiger partial charge in [-0.15, -0.1) is 0 Å². The van der Waals surface area contributed by atoms with E-state index in [0.717, 1.165) is 5.69 Å².